The van der Waals surface area contributed by atoms with E-state index in [0.29, 0.717) is 13.1 Å². The molecule has 1 aliphatic carbocycles. The Labute approximate surface area is 130 Å². The average Bonchev–Trinajstić information content (AvgIpc) is 2.54. The standard InChI is InChI=1S/C17H23FN2O2/c18-15-8-4-5-9-16(15)22-13-12-20-17(21)19-11-10-14-6-2-1-3-7-14/h4-6,8-9H,1-3,7,10-13H2,(H2,19,20,21). The van der Waals surface area contributed by atoms with E-state index in [4.69, 9.17) is 4.74 Å². The van der Waals surface area contributed by atoms with E-state index < -0.39 is 5.82 Å². The van der Waals surface area contributed by atoms with Crippen molar-refractivity contribution < 1.29 is 13.9 Å². The third-order valence-electron chi connectivity index (χ3n) is 3.60. The van der Waals surface area contributed by atoms with Gasteiger partial charge in [0.15, 0.2) is 11.6 Å². The molecule has 2 rings (SSSR count). The van der Waals surface area contributed by atoms with Crippen molar-refractivity contribution in [2.24, 2.45) is 0 Å². The summed E-state index contributed by atoms with van der Waals surface area (Å²) in [5, 5.41) is 5.51. The molecule has 0 atom stereocenters. The summed E-state index contributed by atoms with van der Waals surface area (Å²) >= 11 is 0. The number of halogens is 1. The van der Waals surface area contributed by atoms with Crippen LogP contribution in [0.1, 0.15) is 32.1 Å². The first-order valence-corrected chi connectivity index (χ1v) is 7.82. The predicted molar refractivity (Wildman–Crippen MR) is 84.5 cm³/mol. The van der Waals surface area contributed by atoms with E-state index in [1.807, 2.05) is 0 Å². The fourth-order valence-electron chi connectivity index (χ4n) is 2.42. The van der Waals surface area contributed by atoms with Gasteiger partial charge in [-0.2, -0.15) is 0 Å². The Morgan fingerprint density at radius 1 is 1.18 bits per heavy atom. The van der Waals surface area contributed by atoms with E-state index in [1.54, 1.807) is 18.2 Å². The molecule has 120 valence electrons. The van der Waals surface area contributed by atoms with Gasteiger partial charge in [-0.1, -0.05) is 23.8 Å². The van der Waals surface area contributed by atoms with Gasteiger partial charge in [-0.25, -0.2) is 9.18 Å². The predicted octanol–water partition coefficient (Wildman–Crippen LogP) is 3.39. The molecule has 0 aromatic heterocycles. The van der Waals surface area contributed by atoms with Gasteiger partial charge in [0.2, 0.25) is 0 Å². The quantitative estimate of drug-likeness (QED) is 0.599. The summed E-state index contributed by atoms with van der Waals surface area (Å²) in [4.78, 5) is 11.6. The summed E-state index contributed by atoms with van der Waals surface area (Å²) in [5.74, 6) is -0.193. The Hall–Kier alpha value is -2.04. The molecule has 1 aliphatic rings. The third kappa shape index (κ3) is 5.76. The van der Waals surface area contributed by atoms with Crippen molar-refractivity contribution in [3.8, 4) is 5.75 Å². The van der Waals surface area contributed by atoms with Gasteiger partial charge in [0.1, 0.15) is 6.61 Å². The number of urea groups is 1. The minimum atomic E-state index is -0.396. The van der Waals surface area contributed by atoms with Gasteiger partial charge in [-0.3, -0.25) is 0 Å². The van der Waals surface area contributed by atoms with E-state index in [1.165, 1.54) is 24.5 Å². The lowest BCUT2D eigenvalue weighted by Crippen LogP contribution is -2.38. The Balaban J connectivity index is 1.54. The number of amides is 2. The monoisotopic (exact) mass is 306 g/mol. The van der Waals surface area contributed by atoms with Crippen LogP contribution in [0.2, 0.25) is 0 Å². The van der Waals surface area contributed by atoms with Crippen LogP contribution >= 0.6 is 0 Å². The maximum atomic E-state index is 13.3. The first-order chi connectivity index (χ1) is 10.8. The molecular formula is C17H23FN2O2. The number of carbonyl (C=O) groups excluding carboxylic acids is 1. The summed E-state index contributed by atoms with van der Waals surface area (Å²) in [7, 11) is 0. The van der Waals surface area contributed by atoms with Crippen LogP contribution in [0.25, 0.3) is 0 Å². The van der Waals surface area contributed by atoms with E-state index >= 15 is 0 Å². The largest absolute Gasteiger partial charge is 0.489 e. The molecule has 2 amide bonds. The van der Waals surface area contributed by atoms with Crippen LogP contribution in [0.15, 0.2) is 35.9 Å². The fourth-order valence-corrected chi connectivity index (χ4v) is 2.42. The molecule has 0 fully saturated rings. The minimum absolute atomic E-state index is 0.203. The molecule has 0 radical (unpaired) electrons. The van der Waals surface area contributed by atoms with Crippen molar-refractivity contribution in [2.75, 3.05) is 19.7 Å². The molecule has 0 aliphatic heterocycles. The van der Waals surface area contributed by atoms with Gasteiger partial charge in [0, 0.05) is 6.54 Å². The zero-order valence-corrected chi connectivity index (χ0v) is 12.7. The van der Waals surface area contributed by atoms with Crippen LogP contribution in [-0.4, -0.2) is 25.7 Å². The van der Waals surface area contributed by atoms with Crippen LogP contribution in [0.5, 0.6) is 5.75 Å². The molecule has 22 heavy (non-hydrogen) atoms. The number of allylic oxidation sites excluding steroid dienone is 1. The molecule has 4 nitrogen and oxygen atoms in total. The van der Waals surface area contributed by atoms with Gasteiger partial charge in [0.05, 0.1) is 6.54 Å². The zero-order chi connectivity index (χ0) is 15.6. The summed E-state index contributed by atoms with van der Waals surface area (Å²) in [6, 6.07) is 6.00. The van der Waals surface area contributed by atoms with Crippen LogP contribution in [0, 0.1) is 5.82 Å². The summed E-state index contributed by atoms with van der Waals surface area (Å²) in [6.07, 6.45) is 8.05. The molecule has 2 N–H and O–H groups in total. The Morgan fingerprint density at radius 3 is 2.77 bits per heavy atom. The summed E-state index contributed by atoms with van der Waals surface area (Å²) in [6.45, 7) is 1.22. The molecule has 0 saturated heterocycles. The summed E-state index contributed by atoms with van der Waals surface area (Å²) < 4.78 is 18.5. The van der Waals surface area contributed by atoms with Crippen molar-refractivity contribution in [1.29, 1.82) is 0 Å². The second-order valence-electron chi connectivity index (χ2n) is 5.32. The van der Waals surface area contributed by atoms with Crippen molar-refractivity contribution >= 4 is 6.03 Å². The minimum Gasteiger partial charge on any atom is -0.489 e. The first-order valence-electron chi connectivity index (χ1n) is 7.82. The van der Waals surface area contributed by atoms with Gasteiger partial charge in [-0.15, -0.1) is 0 Å². The number of rotatable bonds is 7. The molecule has 0 heterocycles. The fraction of sp³-hybridized carbons (Fsp3) is 0.471. The Morgan fingerprint density at radius 2 is 2.00 bits per heavy atom. The highest BCUT2D eigenvalue weighted by atomic mass is 19.1. The van der Waals surface area contributed by atoms with Gasteiger partial charge < -0.3 is 15.4 Å². The number of hydrogen-bond acceptors (Lipinski definition) is 2. The van der Waals surface area contributed by atoms with E-state index in [0.717, 1.165) is 19.3 Å². The van der Waals surface area contributed by atoms with E-state index in [9.17, 15) is 9.18 Å². The molecule has 0 spiro atoms. The smallest absolute Gasteiger partial charge is 0.314 e. The third-order valence-corrected chi connectivity index (χ3v) is 3.60. The first kappa shape index (κ1) is 16.3. The van der Waals surface area contributed by atoms with Crippen LogP contribution in [-0.2, 0) is 0 Å². The Kier molecular flexibility index (Phi) is 6.74. The number of carbonyl (C=O) groups is 1. The average molecular weight is 306 g/mol. The number of nitrogens with one attached hydrogen (secondary N) is 2. The highest BCUT2D eigenvalue weighted by Crippen LogP contribution is 2.19. The van der Waals surface area contributed by atoms with Crippen LogP contribution in [0.3, 0.4) is 0 Å². The topological polar surface area (TPSA) is 50.4 Å². The Bertz CT molecular complexity index is 517. The normalized spacial score (nSPS) is 14.1. The molecule has 0 bridgehead atoms. The molecule has 0 unspecified atom stereocenters. The lowest BCUT2D eigenvalue weighted by molar-refractivity contribution is 0.236. The van der Waals surface area contributed by atoms with Crippen LogP contribution in [0.4, 0.5) is 9.18 Å². The van der Waals surface area contributed by atoms with Gasteiger partial charge in [0.25, 0.3) is 0 Å². The molecule has 1 aromatic rings. The second-order valence-corrected chi connectivity index (χ2v) is 5.32. The highest BCUT2D eigenvalue weighted by Gasteiger charge is 2.05. The van der Waals surface area contributed by atoms with E-state index in [-0.39, 0.29) is 18.4 Å². The SMILES string of the molecule is O=C(NCCOc1ccccc1F)NCCC1=CCCCC1. The molecule has 0 saturated carbocycles. The lowest BCUT2D eigenvalue weighted by Gasteiger charge is -2.13. The van der Waals surface area contributed by atoms with Crippen molar-refractivity contribution in [1.82, 2.24) is 10.6 Å². The van der Waals surface area contributed by atoms with Crippen molar-refractivity contribution in [3.05, 3.63) is 41.7 Å². The molecular weight excluding hydrogens is 283 g/mol. The maximum absolute atomic E-state index is 13.3. The van der Waals surface area contributed by atoms with Gasteiger partial charge >= 0.3 is 6.03 Å². The molecule has 1 aromatic carbocycles. The second kappa shape index (κ2) is 9.07. The number of ether oxygens (including phenoxy) is 1. The lowest BCUT2D eigenvalue weighted by atomic mass is 9.97. The van der Waals surface area contributed by atoms with Crippen molar-refractivity contribution in [2.45, 2.75) is 32.1 Å². The molecule has 5 heteroatoms. The highest BCUT2D eigenvalue weighted by molar-refractivity contribution is 5.73. The number of para-hydroxylation sites is 1. The zero-order valence-electron chi connectivity index (χ0n) is 12.7. The number of benzene rings is 1. The van der Waals surface area contributed by atoms with Crippen molar-refractivity contribution in [3.63, 3.8) is 0 Å². The van der Waals surface area contributed by atoms with E-state index in [2.05, 4.69) is 16.7 Å². The summed E-state index contributed by atoms with van der Waals surface area (Å²) in [5.41, 5.74) is 1.44. The van der Waals surface area contributed by atoms with Crippen LogP contribution < -0.4 is 15.4 Å². The maximum Gasteiger partial charge on any atom is 0.314 e. The number of hydrogen-bond donors (Lipinski definition) is 2. The van der Waals surface area contributed by atoms with Gasteiger partial charge in [-0.05, 0) is 44.2 Å².